The van der Waals surface area contributed by atoms with Crippen LogP contribution in [0.5, 0.6) is 0 Å². The second-order valence-electron chi connectivity index (χ2n) is 3.60. The van der Waals surface area contributed by atoms with Gasteiger partial charge in [-0.1, -0.05) is 36.4 Å². The van der Waals surface area contributed by atoms with Gasteiger partial charge < -0.3 is 0 Å². The van der Waals surface area contributed by atoms with E-state index in [0.29, 0.717) is 0 Å². The van der Waals surface area contributed by atoms with Crippen LogP contribution in [0, 0.1) is 0 Å². The van der Waals surface area contributed by atoms with Crippen LogP contribution in [0.3, 0.4) is 0 Å². The normalized spacial score (nSPS) is 15.6. The minimum absolute atomic E-state index is 0.965. The molecule has 0 aromatic heterocycles. The standard InChI is InChI=1S/C13H11NS/c1-2-4-11-9-12(6-5-10(11)3-1)13-14-7-8-15-13/h1-6,9H,7-8H2. The smallest absolute Gasteiger partial charge is 0.0978 e. The van der Waals surface area contributed by atoms with Crippen LogP contribution >= 0.6 is 11.8 Å². The molecule has 2 aromatic carbocycles. The molecule has 1 heterocycles. The van der Waals surface area contributed by atoms with Crippen LogP contribution in [0.25, 0.3) is 10.8 Å². The van der Waals surface area contributed by atoms with Gasteiger partial charge in [-0.3, -0.25) is 4.99 Å². The third kappa shape index (κ3) is 1.65. The molecule has 0 spiro atoms. The first kappa shape index (κ1) is 8.98. The molecule has 2 heteroatoms. The summed E-state index contributed by atoms with van der Waals surface area (Å²) in [5, 5.41) is 3.79. The second kappa shape index (κ2) is 3.70. The Morgan fingerprint density at radius 2 is 1.87 bits per heavy atom. The molecule has 1 aliphatic rings. The molecule has 0 saturated heterocycles. The Kier molecular flexibility index (Phi) is 2.22. The lowest BCUT2D eigenvalue weighted by atomic mass is 10.1. The van der Waals surface area contributed by atoms with E-state index in [-0.39, 0.29) is 0 Å². The van der Waals surface area contributed by atoms with Gasteiger partial charge in [0.05, 0.1) is 5.04 Å². The number of benzene rings is 2. The van der Waals surface area contributed by atoms with Crippen LogP contribution in [0.4, 0.5) is 0 Å². The molecule has 0 N–H and O–H groups in total. The van der Waals surface area contributed by atoms with Crippen molar-refractivity contribution in [2.24, 2.45) is 4.99 Å². The highest BCUT2D eigenvalue weighted by Crippen LogP contribution is 2.22. The van der Waals surface area contributed by atoms with Gasteiger partial charge >= 0.3 is 0 Å². The van der Waals surface area contributed by atoms with Crippen molar-refractivity contribution in [2.75, 3.05) is 12.3 Å². The van der Waals surface area contributed by atoms with Crippen LogP contribution in [0.1, 0.15) is 5.56 Å². The van der Waals surface area contributed by atoms with Gasteiger partial charge in [0.15, 0.2) is 0 Å². The first-order valence-corrected chi connectivity index (χ1v) is 6.08. The van der Waals surface area contributed by atoms with Crippen LogP contribution in [-0.2, 0) is 0 Å². The molecule has 0 aliphatic carbocycles. The van der Waals surface area contributed by atoms with Crippen molar-refractivity contribution in [2.45, 2.75) is 0 Å². The Morgan fingerprint density at radius 1 is 1.00 bits per heavy atom. The minimum atomic E-state index is 0.965. The molecular weight excluding hydrogens is 202 g/mol. The lowest BCUT2D eigenvalue weighted by Crippen LogP contribution is -1.90. The number of hydrogen-bond acceptors (Lipinski definition) is 2. The molecule has 0 amide bonds. The number of fused-ring (bicyclic) bond motifs is 1. The molecule has 0 atom stereocenters. The summed E-state index contributed by atoms with van der Waals surface area (Å²) >= 11 is 1.85. The third-order valence-corrected chi connectivity index (χ3v) is 3.61. The maximum absolute atomic E-state index is 4.49. The van der Waals surface area contributed by atoms with Crippen LogP contribution < -0.4 is 0 Å². The first-order chi connectivity index (χ1) is 7.43. The van der Waals surface area contributed by atoms with Crippen molar-refractivity contribution in [1.82, 2.24) is 0 Å². The topological polar surface area (TPSA) is 12.4 Å². The summed E-state index contributed by atoms with van der Waals surface area (Å²) in [6.07, 6.45) is 0. The van der Waals surface area contributed by atoms with E-state index in [2.05, 4.69) is 47.5 Å². The maximum Gasteiger partial charge on any atom is 0.0978 e. The highest BCUT2D eigenvalue weighted by atomic mass is 32.2. The lowest BCUT2D eigenvalue weighted by molar-refractivity contribution is 1.17. The molecular formula is C13H11NS. The zero-order valence-electron chi connectivity index (χ0n) is 8.31. The van der Waals surface area contributed by atoms with E-state index in [0.717, 1.165) is 12.3 Å². The van der Waals surface area contributed by atoms with E-state index >= 15 is 0 Å². The zero-order chi connectivity index (χ0) is 10.1. The number of aliphatic imine (C=N–C) groups is 1. The van der Waals surface area contributed by atoms with E-state index in [1.54, 1.807) is 0 Å². The summed E-state index contributed by atoms with van der Waals surface area (Å²) in [5.74, 6) is 1.13. The summed E-state index contributed by atoms with van der Waals surface area (Å²) in [6.45, 7) is 0.965. The summed E-state index contributed by atoms with van der Waals surface area (Å²) in [5.41, 5.74) is 1.26. The predicted molar refractivity (Wildman–Crippen MR) is 67.8 cm³/mol. The molecule has 0 fully saturated rings. The summed E-state index contributed by atoms with van der Waals surface area (Å²) in [7, 11) is 0. The average molecular weight is 213 g/mol. The highest BCUT2D eigenvalue weighted by Gasteiger charge is 2.09. The van der Waals surface area contributed by atoms with Gasteiger partial charge in [-0.15, -0.1) is 11.8 Å². The fourth-order valence-corrected chi connectivity index (χ4v) is 2.68. The van der Waals surface area contributed by atoms with E-state index in [9.17, 15) is 0 Å². The highest BCUT2D eigenvalue weighted by molar-refractivity contribution is 8.14. The van der Waals surface area contributed by atoms with Gasteiger partial charge in [-0.2, -0.15) is 0 Å². The molecule has 2 aromatic rings. The van der Waals surface area contributed by atoms with Crippen molar-refractivity contribution in [3.05, 3.63) is 48.0 Å². The maximum atomic E-state index is 4.49. The zero-order valence-corrected chi connectivity index (χ0v) is 9.13. The quantitative estimate of drug-likeness (QED) is 0.707. The van der Waals surface area contributed by atoms with Gasteiger partial charge in [0, 0.05) is 17.9 Å². The number of hydrogen-bond donors (Lipinski definition) is 0. The van der Waals surface area contributed by atoms with Crippen molar-refractivity contribution < 1.29 is 0 Å². The molecule has 15 heavy (non-hydrogen) atoms. The summed E-state index contributed by atoms with van der Waals surface area (Å²) in [6, 6.07) is 15.0. The van der Waals surface area contributed by atoms with Gasteiger partial charge in [0.1, 0.15) is 0 Å². The van der Waals surface area contributed by atoms with Gasteiger partial charge in [0.25, 0.3) is 0 Å². The van der Waals surface area contributed by atoms with E-state index in [1.165, 1.54) is 21.4 Å². The Morgan fingerprint density at radius 3 is 2.67 bits per heavy atom. The fraction of sp³-hybridized carbons (Fsp3) is 0.154. The molecule has 1 aliphatic heterocycles. The van der Waals surface area contributed by atoms with Gasteiger partial charge in [-0.05, 0) is 16.8 Å². The Hall–Kier alpha value is -1.28. The summed E-state index contributed by atoms with van der Waals surface area (Å²) < 4.78 is 0. The Balaban J connectivity index is 2.13. The van der Waals surface area contributed by atoms with Crippen molar-refractivity contribution in [1.29, 1.82) is 0 Å². The molecule has 74 valence electrons. The second-order valence-corrected chi connectivity index (χ2v) is 4.68. The number of nitrogens with zero attached hydrogens (tertiary/aromatic N) is 1. The van der Waals surface area contributed by atoms with Gasteiger partial charge in [-0.25, -0.2) is 0 Å². The summed E-state index contributed by atoms with van der Waals surface area (Å²) in [4.78, 5) is 4.49. The predicted octanol–water partition coefficient (Wildman–Crippen LogP) is 3.33. The Labute approximate surface area is 93.2 Å². The van der Waals surface area contributed by atoms with Crippen LogP contribution in [0.2, 0.25) is 0 Å². The number of rotatable bonds is 1. The SMILES string of the molecule is c1ccc2cc(C3=NCCS3)ccc2c1. The van der Waals surface area contributed by atoms with E-state index < -0.39 is 0 Å². The van der Waals surface area contributed by atoms with Crippen molar-refractivity contribution in [3.8, 4) is 0 Å². The molecule has 0 radical (unpaired) electrons. The van der Waals surface area contributed by atoms with E-state index in [1.807, 2.05) is 11.8 Å². The minimum Gasteiger partial charge on any atom is -0.277 e. The Bertz CT molecular complexity index is 531. The first-order valence-electron chi connectivity index (χ1n) is 5.10. The fourth-order valence-electron chi connectivity index (χ4n) is 1.83. The third-order valence-electron chi connectivity index (χ3n) is 2.58. The van der Waals surface area contributed by atoms with Crippen LogP contribution in [0.15, 0.2) is 47.5 Å². The largest absolute Gasteiger partial charge is 0.277 e. The molecule has 3 rings (SSSR count). The average Bonchev–Trinajstić information content (AvgIpc) is 2.82. The van der Waals surface area contributed by atoms with Gasteiger partial charge in [0.2, 0.25) is 0 Å². The molecule has 0 unspecified atom stereocenters. The molecule has 0 bridgehead atoms. The van der Waals surface area contributed by atoms with Crippen molar-refractivity contribution >= 4 is 27.6 Å². The molecule has 1 nitrogen and oxygen atoms in total. The van der Waals surface area contributed by atoms with Crippen LogP contribution in [-0.4, -0.2) is 17.3 Å². The number of thioether (sulfide) groups is 1. The monoisotopic (exact) mass is 213 g/mol. The molecule has 0 saturated carbocycles. The van der Waals surface area contributed by atoms with Crippen molar-refractivity contribution in [3.63, 3.8) is 0 Å². The van der Waals surface area contributed by atoms with E-state index in [4.69, 9.17) is 0 Å². The lowest BCUT2D eigenvalue weighted by Gasteiger charge is -2.02.